The molecule has 0 radical (unpaired) electrons. The fraction of sp³-hybridized carbons (Fsp3) is 0.727. The third-order valence-electron chi connectivity index (χ3n) is 2.84. The summed E-state index contributed by atoms with van der Waals surface area (Å²) in [6, 6.07) is 0. The molecule has 1 aromatic rings. The van der Waals surface area contributed by atoms with Crippen LogP contribution in [0.15, 0.2) is 0 Å². The van der Waals surface area contributed by atoms with Gasteiger partial charge in [-0.15, -0.1) is 0 Å². The molecule has 0 aliphatic rings. The standard InChI is InChI=1S/C11H21N3O/c1-8-11(9(2)14(3)13-8)7-10(15)5-4-6-12/h10,15H,4-7,12H2,1-3H3. The summed E-state index contributed by atoms with van der Waals surface area (Å²) in [6.07, 6.45) is 2.03. The summed E-state index contributed by atoms with van der Waals surface area (Å²) < 4.78 is 1.86. The normalized spacial score (nSPS) is 13.1. The molecule has 0 saturated carbocycles. The van der Waals surface area contributed by atoms with Gasteiger partial charge in [0, 0.05) is 19.2 Å². The van der Waals surface area contributed by atoms with Crippen molar-refractivity contribution in [3.63, 3.8) is 0 Å². The van der Waals surface area contributed by atoms with Crippen molar-refractivity contribution >= 4 is 0 Å². The van der Waals surface area contributed by atoms with E-state index in [0.29, 0.717) is 13.0 Å². The van der Waals surface area contributed by atoms with Crippen molar-refractivity contribution in [2.45, 2.75) is 39.2 Å². The van der Waals surface area contributed by atoms with Crippen molar-refractivity contribution < 1.29 is 5.11 Å². The Morgan fingerprint density at radius 1 is 1.47 bits per heavy atom. The lowest BCUT2D eigenvalue weighted by molar-refractivity contribution is 0.162. The van der Waals surface area contributed by atoms with E-state index >= 15 is 0 Å². The molecule has 0 aromatic carbocycles. The molecule has 4 heteroatoms. The number of aryl methyl sites for hydroxylation is 2. The smallest absolute Gasteiger partial charge is 0.0629 e. The van der Waals surface area contributed by atoms with Gasteiger partial charge < -0.3 is 10.8 Å². The minimum absolute atomic E-state index is 0.296. The highest BCUT2D eigenvalue weighted by atomic mass is 16.3. The van der Waals surface area contributed by atoms with E-state index in [1.54, 1.807) is 0 Å². The molecule has 1 unspecified atom stereocenters. The molecule has 1 rings (SSSR count). The van der Waals surface area contributed by atoms with E-state index in [2.05, 4.69) is 5.10 Å². The molecule has 1 heterocycles. The molecule has 1 atom stereocenters. The summed E-state index contributed by atoms with van der Waals surface area (Å²) in [4.78, 5) is 0. The first kappa shape index (κ1) is 12.2. The molecule has 1 aromatic heterocycles. The highest BCUT2D eigenvalue weighted by Crippen LogP contribution is 2.15. The number of aliphatic hydroxyl groups is 1. The van der Waals surface area contributed by atoms with Crippen LogP contribution in [0.25, 0.3) is 0 Å². The SMILES string of the molecule is Cc1nn(C)c(C)c1CC(O)CCCN. The van der Waals surface area contributed by atoms with Crippen molar-refractivity contribution in [2.75, 3.05) is 6.54 Å². The predicted octanol–water partition coefficient (Wildman–Crippen LogP) is 0.679. The first-order valence-corrected chi connectivity index (χ1v) is 5.43. The highest BCUT2D eigenvalue weighted by molar-refractivity contribution is 5.24. The van der Waals surface area contributed by atoms with Gasteiger partial charge in [0.2, 0.25) is 0 Å². The molecule has 15 heavy (non-hydrogen) atoms. The van der Waals surface area contributed by atoms with Gasteiger partial charge in [0.05, 0.1) is 11.8 Å². The average Bonchev–Trinajstić information content (AvgIpc) is 2.42. The molecule has 3 N–H and O–H groups in total. The maximum atomic E-state index is 9.80. The lowest BCUT2D eigenvalue weighted by Gasteiger charge is -2.09. The minimum atomic E-state index is -0.296. The van der Waals surface area contributed by atoms with Gasteiger partial charge >= 0.3 is 0 Å². The molecule has 86 valence electrons. The molecular weight excluding hydrogens is 190 g/mol. The lowest BCUT2D eigenvalue weighted by atomic mass is 10.0. The number of nitrogens with two attached hydrogens (primary N) is 1. The molecule has 0 fully saturated rings. The van der Waals surface area contributed by atoms with E-state index in [0.717, 1.165) is 24.2 Å². The van der Waals surface area contributed by atoms with Crippen LogP contribution in [0.5, 0.6) is 0 Å². The Morgan fingerprint density at radius 2 is 2.13 bits per heavy atom. The first-order chi connectivity index (χ1) is 7.06. The van der Waals surface area contributed by atoms with Crippen molar-refractivity contribution in [1.82, 2.24) is 9.78 Å². The largest absolute Gasteiger partial charge is 0.393 e. The first-order valence-electron chi connectivity index (χ1n) is 5.43. The summed E-state index contributed by atoms with van der Waals surface area (Å²) in [5.74, 6) is 0. The number of rotatable bonds is 5. The Morgan fingerprint density at radius 3 is 2.60 bits per heavy atom. The van der Waals surface area contributed by atoms with Crippen LogP contribution in [0.4, 0.5) is 0 Å². The Hall–Kier alpha value is -0.870. The third kappa shape index (κ3) is 3.04. The van der Waals surface area contributed by atoms with E-state index in [-0.39, 0.29) is 6.10 Å². The third-order valence-corrected chi connectivity index (χ3v) is 2.84. The van der Waals surface area contributed by atoms with Crippen molar-refractivity contribution in [3.05, 3.63) is 17.0 Å². The van der Waals surface area contributed by atoms with Gasteiger partial charge in [-0.1, -0.05) is 0 Å². The van der Waals surface area contributed by atoms with E-state index in [1.807, 2.05) is 25.6 Å². The fourth-order valence-electron chi connectivity index (χ4n) is 1.80. The predicted molar refractivity (Wildman–Crippen MR) is 60.7 cm³/mol. The van der Waals surface area contributed by atoms with E-state index < -0.39 is 0 Å². The quantitative estimate of drug-likeness (QED) is 0.752. The molecule has 0 aliphatic carbocycles. The van der Waals surface area contributed by atoms with Gasteiger partial charge in [-0.05, 0) is 38.8 Å². The number of hydrogen-bond donors (Lipinski definition) is 2. The molecule has 0 spiro atoms. The summed E-state index contributed by atoms with van der Waals surface area (Å²) in [5, 5.41) is 14.1. The second kappa shape index (κ2) is 5.28. The minimum Gasteiger partial charge on any atom is -0.393 e. The van der Waals surface area contributed by atoms with E-state index in [9.17, 15) is 5.11 Å². The average molecular weight is 211 g/mol. The van der Waals surface area contributed by atoms with Crippen molar-refractivity contribution in [2.24, 2.45) is 12.8 Å². The second-order valence-electron chi connectivity index (χ2n) is 4.06. The number of aliphatic hydroxyl groups excluding tert-OH is 1. The molecule has 0 amide bonds. The molecule has 0 bridgehead atoms. The highest BCUT2D eigenvalue weighted by Gasteiger charge is 2.13. The topological polar surface area (TPSA) is 64.1 Å². The van der Waals surface area contributed by atoms with Gasteiger partial charge in [0.15, 0.2) is 0 Å². The van der Waals surface area contributed by atoms with Crippen LogP contribution in [0.1, 0.15) is 29.8 Å². The number of nitrogens with zero attached hydrogens (tertiary/aromatic N) is 2. The Balaban J connectivity index is 2.63. The monoisotopic (exact) mass is 211 g/mol. The van der Waals surface area contributed by atoms with Gasteiger partial charge in [0.1, 0.15) is 0 Å². The Bertz CT molecular complexity index is 320. The van der Waals surface area contributed by atoms with Gasteiger partial charge in [0.25, 0.3) is 0 Å². The second-order valence-corrected chi connectivity index (χ2v) is 4.06. The zero-order valence-electron chi connectivity index (χ0n) is 9.82. The summed E-state index contributed by atoms with van der Waals surface area (Å²) >= 11 is 0. The van der Waals surface area contributed by atoms with E-state index in [1.165, 1.54) is 5.56 Å². The van der Waals surface area contributed by atoms with Gasteiger partial charge in [-0.25, -0.2) is 0 Å². The summed E-state index contributed by atoms with van der Waals surface area (Å²) in [7, 11) is 1.93. The van der Waals surface area contributed by atoms with Gasteiger partial charge in [-0.3, -0.25) is 4.68 Å². The molecular formula is C11H21N3O. The Labute approximate surface area is 91.1 Å². The van der Waals surface area contributed by atoms with Crippen LogP contribution in [-0.4, -0.2) is 27.5 Å². The van der Waals surface area contributed by atoms with Crippen LogP contribution in [0, 0.1) is 13.8 Å². The van der Waals surface area contributed by atoms with Crippen molar-refractivity contribution in [1.29, 1.82) is 0 Å². The zero-order chi connectivity index (χ0) is 11.4. The summed E-state index contributed by atoms with van der Waals surface area (Å²) in [6.45, 7) is 4.66. The zero-order valence-corrected chi connectivity index (χ0v) is 9.82. The van der Waals surface area contributed by atoms with Crippen molar-refractivity contribution in [3.8, 4) is 0 Å². The van der Waals surface area contributed by atoms with Crippen LogP contribution < -0.4 is 5.73 Å². The van der Waals surface area contributed by atoms with Gasteiger partial charge in [-0.2, -0.15) is 5.10 Å². The maximum Gasteiger partial charge on any atom is 0.0629 e. The van der Waals surface area contributed by atoms with Crippen LogP contribution in [0.2, 0.25) is 0 Å². The summed E-state index contributed by atoms with van der Waals surface area (Å²) in [5.41, 5.74) is 8.73. The Kier molecular flexibility index (Phi) is 4.29. The van der Waals surface area contributed by atoms with Crippen LogP contribution >= 0.6 is 0 Å². The van der Waals surface area contributed by atoms with E-state index in [4.69, 9.17) is 5.73 Å². The lowest BCUT2D eigenvalue weighted by Crippen LogP contribution is -2.13. The molecule has 0 aliphatic heterocycles. The molecule has 0 saturated heterocycles. The number of hydrogen-bond acceptors (Lipinski definition) is 3. The van der Waals surface area contributed by atoms with Crippen LogP contribution in [-0.2, 0) is 13.5 Å². The number of aromatic nitrogens is 2. The fourth-order valence-corrected chi connectivity index (χ4v) is 1.80. The van der Waals surface area contributed by atoms with Crippen LogP contribution in [0.3, 0.4) is 0 Å². The maximum absolute atomic E-state index is 9.80. The molecule has 4 nitrogen and oxygen atoms in total.